The lowest BCUT2D eigenvalue weighted by molar-refractivity contribution is -0.155. The van der Waals surface area contributed by atoms with Crippen molar-refractivity contribution in [2.75, 3.05) is 5.32 Å². The molecule has 0 bridgehead atoms. The molecule has 0 spiro atoms. The highest BCUT2D eigenvalue weighted by Gasteiger charge is 2.44. The summed E-state index contributed by atoms with van der Waals surface area (Å²) < 4.78 is 26.0. The first-order valence-corrected chi connectivity index (χ1v) is 12.0. The fourth-order valence-electron chi connectivity index (χ4n) is 4.43. The topological polar surface area (TPSA) is 123 Å². The third-order valence-corrected chi connectivity index (χ3v) is 6.44. The van der Waals surface area contributed by atoms with Crippen molar-refractivity contribution in [1.82, 2.24) is 20.1 Å². The maximum absolute atomic E-state index is 14.6. The summed E-state index contributed by atoms with van der Waals surface area (Å²) in [7, 11) is 0. The highest BCUT2D eigenvalue weighted by Crippen LogP contribution is 2.35. The Kier molecular flexibility index (Phi) is 6.80. The molecule has 2 atom stereocenters. The third kappa shape index (κ3) is 5.42. The van der Waals surface area contributed by atoms with Crippen LogP contribution in [0.25, 0.3) is 22.7 Å². The Balaban J connectivity index is 1.27. The summed E-state index contributed by atoms with van der Waals surface area (Å²) in [6.07, 6.45) is 3.55. The highest BCUT2D eigenvalue weighted by molar-refractivity contribution is 5.77. The Hall–Kier alpha value is -4.34. The van der Waals surface area contributed by atoms with Crippen LogP contribution in [0, 0.1) is 6.92 Å². The van der Waals surface area contributed by atoms with Gasteiger partial charge in [0.15, 0.2) is 5.76 Å². The van der Waals surface area contributed by atoms with Crippen LogP contribution in [0.5, 0.6) is 5.75 Å². The number of carboxylic acid groups (broad SMARTS) is 1. The van der Waals surface area contributed by atoms with E-state index in [0.717, 1.165) is 16.8 Å². The van der Waals surface area contributed by atoms with Gasteiger partial charge >= 0.3 is 5.97 Å². The molecule has 3 aromatic heterocycles. The molecule has 0 amide bonds. The van der Waals surface area contributed by atoms with E-state index in [-0.39, 0.29) is 12.8 Å². The maximum atomic E-state index is 14.6. The molecular weight excluding hydrogens is 477 g/mol. The number of aliphatic carboxylic acids is 1. The van der Waals surface area contributed by atoms with E-state index in [4.69, 9.17) is 9.26 Å². The van der Waals surface area contributed by atoms with Crippen LogP contribution in [0.4, 0.5) is 10.3 Å². The first-order valence-electron chi connectivity index (χ1n) is 12.0. The number of ether oxygens (including phenoxy) is 1. The van der Waals surface area contributed by atoms with Crippen LogP contribution in [-0.4, -0.2) is 43.0 Å². The second-order valence-corrected chi connectivity index (χ2v) is 9.05. The van der Waals surface area contributed by atoms with Crippen LogP contribution in [0.1, 0.15) is 36.9 Å². The number of rotatable bonds is 8. The van der Waals surface area contributed by atoms with Gasteiger partial charge in [-0.05, 0) is 44.4 Å². The van der Waals surface area contributed by atoms with Gasteiger partial charge in [0.2, 0.25) is 11.6 Å². The number of halogens is 1. The summed E-state index contributed by atoms with van der Waals surface area (Å²) in [5, 5.41) is 16.5. The summed E-state index contributed by atoms with van der Waals surface area (Å²) in [5.41, 5.74) is 1.63. The number of hydrogen-bond donors (Lipinski definition) is 2. The number of aromatic nitrogens is 4. The molecule has 0 saturated heterocycles. The van der Waals surface area contributed by atoms with Crippen LogP contribution in [0.3, 0.4) is 0 Å². The molecule has 2 N–H and O–H groups in total. The summed E-state index contributed by atoms with van der Waals surface area (Å²) in [6, 6.07) is 15.1. The van der Waals surface area contributed by atoms with E-state index in [0.29, 0.717) is 48.2 Å². The fraction of sp³-hybridized carbons (Fsp3) is 0.296. The van der Waals surface area contributed by atoms with Gasteiger partial charge in [-0.25, -0.2) is 24.1 Å². The van der Waals surface area contributed by atoms with Gasteiger partial charge in [0, 0.05) is 30.3 Å². The molecule has 10 heteroatoms. The summed E-state index contributed by atoms with van der Waals surface area (Å²) in [5.74, 6) is -0.0248. The molecule has 1 fully saturated rings. The molecule has 5 rings (SSSR count). The highest BCUT2D eigenvalue weighted by atomic mass is 19.1. The number of benzene rings is 1. The zero-order valence-corrected chi connectivity index (χ0v) is 20.2. The lowest BCUT2D eigenvalue weighted by atomic mass is 9.84. The van der Waals surface area contributed by atoms with Crippen molar-refractivity contribution in [3.63, 3.8) is 0 Å². The minimum absolute atomic E-state index is 0.00261. The van der Waals surface area contributed by atoms with E-state index in [2.05, 4.69) is 25.4 Å². The molecule has 3 heterocycles. The number of nitrogens with zero attached hydrogens (tertiary/aromatic N) is 4. The van der Waals surface area contributed by atoms with Crippen molar-refractivity contribution >= 4 is 11.9 Å². The minimum Gasteiger partial charge on any atom is -0.489 e. The quantitative estimate of drug-likeness (QED) is 0.333. The Morgan fingerprint density at radius 3 is 2.78 bits per heavy atom. The first kappa shape index (κ1) is 24.4. The van der Waals surface area contributed by atoms with E-state index in [1.807, 2.05) is 43.3 Å². The average molecular weight is 504 g/mol. The minimum atomic E-state index is -2.25. The van der Waals surface area contributed by atoms with Gasteiger partial charge in [0.25, 0.3) is 0 Å². The predicted molar refractivity (Wildman–Crippen MR) is 134 cm³/mol. The molecule has 1 saturated carbocycles. The molecule has 4 aromatic rings. The van der Waals surface area contributed by atoms with Gasteiger partial charge in [0.1, 0.15) is 17.5 Å². The van der Waals surface area contributed by atoms with Gasteiger partial charge < -0.3 is 19.7 Å². The average Bonchev–Trinajstić information content (AvgIpc) is 3.28. The van der Waals surface area contributed by atoms with Crippen molar-refractivity contribution < 1.29 is 23.6 Å². The lowest BCUT2D eigenvalue weighted by Gasteiger charge is -2.31. The first-order chi connectivity index (χ1) is 17.9. The van der Waals surface area contributed by atoms with Crippen LogP contribution >= 0.6 is 0 Å². The van der Waals surface area contributed by atoms with Crippen LogP contribution in [0.2, 0.25) is 0 Å². The van der Waals surface area contributed by atoms with Crippen molar-refractivity contribution in [2.24, 2.45) is 0 Å². The molecule has 1 aliphatic carbocycles. The number of nitrogens with one attached hydrogen (secondary N) is 1. The van der Waals surface area contributed by atoms with E-state index in [1.54, 1.807) is 18.3 Å². The Morgan fingerprint density at radius 1 is 1.19 bits per heavy atom. The zero-order chi connectivity index (χ0) is 25.8. The van der Waals surface area contributed by atoms with Gasteiger partial charge in [-0.1, -0.05) is 35.5 Å². The molecule has 190 valence electrons. The monoisotopic (exact) mass is 503 g/mol. The second-order valence-electron chi connectivity index (χ2n) is 9.05. The number of pyridine rings is 1. The molecule has 0 unspecified atom stereocenters. The normalized spacial score (nSPS) is 19.4. The van der Waals surface area contributed by atoms with Crippen molar-refractivity contribution in [2.45, 2.75) is 50.9 Å². The molecule has 37 heavy (non-hydrogen) atoms. The largest absolute Gasteiger partial charge is 0.489 e. The molecule has 9 nitrogen and oxygen atoms in total. The molecule has 1 aliphatic rings. The summed E-state index contributed by atoms with van der Waals surface area (Å²) in [6.45, 7) is 2.22. The van der Waals surface area contributed by atoms with E-state index in [9.17, 15) is 14.3 Å². The fourth-order valence-corrected chi connectivity index (χ4v) is 4.43. The standard InChI is InChI=1S/C27H26FN5O4/c1-17-21(16-31-26-29-13-11-22(32-26)18-6-3-2-4-7-18)24(37-33-17)23-10-9-20(15-30-23)36-19-8-5-12-27(28,14-19)25(34)35/h2-4,6-7,9-11,13,15,19H,5,8,12,14,16H2,1H3,(H,34,35)(H,29,31,32)/t19-,27+/m0/s1. The zero-order valence-electron chi connectivity index (χ0n) is 20.2. The van der Waals surface area contributed by atoms with Crippen molar-refractivity contribution in [3.05, 3.63) is 72.2 Å². The van der Waals surface area contributed by atoms with E-state index >= 15 is 0 Å². The Morgan fingerprint density at radius 2 is 2.03 bits per heavy atom. The number of aryl methyl sites for hydroxylation is 1. The van der Waals surface area contributed by atoms with Crippen molar-refractivity contribution in [3.8, 4) is 28.5 Å². The van der Waals surface area contributed by atoms with Crippen LogP contribution in [0.15, 0.2) is 65.4 Å². The van der Waals surface area contributed by atoms with E-state index in [1.165, 1.54) is 6.20 Å². The smallest absolute Gasteiger partial charge is 0.341 e. The second kappa shape index (κ2) is 10.3. The van der Waals surface area contributed by atoms with Crippen LogP contribution < -0.4 is 10.1 Å². The molecule has 1 aromatic carbocycles. The van der Waals surface area contributed by atoms with Gasteiger partial charge in [-0.15, -0.1) is 0 Å². The Bertz CT molecular complexity index is 1380. The summed E-state index contributed by atoms with van der Waals surface area (Å²) >= 11 is 0. The summed E-state index contributed by atoms with van der Waals surface area (Å²) in [4.78, 5) is 24.6. The number of alkyl halides is 1. The van der Waals surface area contributed by atoms with E-state index < -0.39 is 17.7 Å². The predicted octanol–water partition coefficient (Wildman–Crippen LogP) is 5.23. The van der Waals surface area contributed by atoms with Crippen molar-refractivity contribution in [1.29, 1.82) is 0 Å². The third-order valence-electron chi connectivity index (χ3n) is 6.44. The number of carboxylic acids is 1. The Labute approximate surface area is 212 Å². The van der Waals surface area contributed by atoms with Gasteiger partial charge in [0.05, 0.1) is 17.6 Å². The molecular formula is C27H26FN5O4. The number of hydrogen-bond acceptors (Lipinski definition) is 8. The van der Waals surface area contributed by atoms with Gasteiger partial charge in [-0.3, -0.25) is 0 Å². The number of carbonyl (C=O) groups is 1. The SMILES string of the molecule is Cc1noc(-c2ccc(O[C@H]3CCC[C@](F)(C(=O)O)C3)cn2)c1CNc1nccc(-c2ccccc2)n1. The lowest BCUT2D eigenvalue weighted by Crippen LogP contribution is -2.42. The molecule has 0 radical (unpaired) electrons. The molecule has 0 aliphatic heterocycles. The number of anilines is 1. The van der Waals surface area contributed by atoms with Gasteiger partial charge in [-0.2, -0.15) is 0 Å². The maximum Gasteiger partial charge on any atom is 0.341 e. The van der Waals surface area contributed by atoms with Crippen LogP contribution in [-0.2, 0) is 11.3 Å².